The summed E-state index contributed by atoms with van der Waals surface area (Å²) in [7, 11) is 0. The topological polar surface area (TPSA) is 38.3 Å². The summed E-state index contributed by atoms with van der Waals surface area (Å²) < 4.78 is 6.60. The SMILES string of the molecule is O=C(OCc1ccc(I)cc1)c1ccccc1Nc1ccccc1. The molecule has 4 heteroatoms. The van der Waals surface area contributed by atoms with Crippen LogP contribution in [-0.2, 0) is 11.3 Å². The van der Waals surface area contributed by atoms with Crippen LogP contribution in [0.2, 0.25) is 0 Å². The van der Waals surface area contributed by atoms with E-state index in [4.69, 9.17) is 4.74 Å². The van der Waals surface area contributed by atoms with E-state index in [0.29, 0.717) is 5.56 Å². The Balaban J connectivity index is 1.71. The Hall–Kier alpha value is -2.34. The van der Waals surface area contributed by atoms with Crippen LogP contribution in [0.4, 0.5) is 11.4 Å². The van der Waals surface area contributed by atoms with Crippen molar-refractivity contribution in [3.8, 4) is 0 Å². The van der Waals surface area contributed by atoms with Crippen molar-refractivity contribution in [2.24, 2.45) is 0 Å². The first kappa shape index (κ1) is 16.5. The summed E-state index contributed by atoms with van der Waals surface area (Å²) >= 11 is 2.25. The molecule has 3 aromatic carbocycles. The minimum absolute atomic E-state index is 0.259. The molecular formula is C20H16INO2. The molecule has 3 nitrogen and oxygen atoms in total. The second-order valence-corrected chi connectivity index (χ2v) is 6.48. The van der Waals surface area contributed by atoms with Gasteiger partial charge in [-0.2, -0.15) is 0 Å². The first-order valence-electron chi connectivity index (χ1n) is 7.55. The van der Waals surface area contributed by atoms with Crippen molar-refractivity contribution in [3.63, 3.8) is 0 Å². The fourth-order valence-corrected chi connectivity index (χ4v) is 2.61. The third-order valence-electron chi connectivity index (χ3n) is 3.48. The zero-order chi connectivity index (χ0) is 16.8. The summed E-state index contributed by atoms with van der Waals surface area (Å²) in [6, 6.07) is 25.0. The average Bonchev–Trinajstić information content (AvgIpc) is 2.62. The number of rotatable bonds is 5. The molecule has 24 heavy (non-hydrogen) atoms. The molecule has 0 spiro atoms. The number of benzene rings is 3. The van der Waals surface area contributed by atoms with Crippen molar-refractivity contribution >= 4 is 39.9 Å². The van der Waals surface area contributed by atoms with Crippen LogP contribution in [0.15, 0.2) is 78.9 Å². The van der Waals surface area contributed by atoms with E-state index < -0.39 is 0 Å². The molecule has 0 heterocycles. The number of carbonyl (C=O) groups excluding carboxylic acids is 1. The zero-order valence-corrected chi connectivity index (χ0v) is 15.1. The summed E-state index contributed by atoms with van der Waals surface area (Å²) in [4.78, 5) is 12.4. The molecular weight excluding hydrogens is 413 g/mol. The molecule has 120 valence electrons. The Bertz CT molecular complexity index is 817. The van der Waals surface area contributed by atoms with Crippen LogP contribution in [-0.4, -0.2) is 5.97 Å². The number of hydrogen-bond acceptors (Lipinski definition) is 3. The fourth-order valence-electron chi connectivity index (χ4n) is 2.25. The van der Waals surface area contributed by atoms with E-state index in [9.17, 15) is 4.79 Å². The predicted octanol–water partition coefficient (Wildman–Crippen LogP) is 5.39. The molecule has 0 atom stereocenters. The van der Waals surface area contributed by atoms with Crippen LogP contribution in [0.5, 0.6) is 0 Å². The first-order valence-corrected chi connectivity index (χ1v) is 8.63. The maximum Gasteiger partial charge on any atom is 0.340 e. The minimum atomic E-state index is -0.340. The number of halogens is 1. The third-order valence-corrected chi connectivity index (χ3v) is 4.20. The van der Waals surface area contributed by atoms with Crippen molar-refractivity contribution in [3.05, 3.63) is 93.6 Å². The van der Waals surface area contributed by atoms with Crippen LogP contribution < -0.4 is 5.32 Å². The number of ether oxygens (including phenoxy) is 1. The number of nitrogens with one attached hydrogen (secondary N) is 1. The monoisotopic (exact) mass is 429 g/mol. The molecule has 1 N–H and O–H groups in total. The van der Waals surface area contributed by atoms with Gasteiger partial charge in [0.25, 0.3) is 0 Å². The molecule has 0 aromatic heterocycles. The minimum Gasteiger partial charge on any atom is -0.457 e. The molecule has 0 amide bonds. The summed E-state index contributed by atoms with van der Waals surface area (Å²) in [5.41, 5.74) is 3.15. The Kier molecular flexibility index (Phi) is 5.48. The Morgan fingerprint density at radius 2 is 1.54 bits per heavy atom. The number of hydrogen-bond donors (Lipinski definition) is 1. The van der Waals surface area contributed by atoms with Gasteiger partial charge in [0, 0.05) is 9.26 Å². The van der Waals surface area contributed by atoms with Crippen molar-refractivity contribution in [1.82, 2.24) is 0 Å². The molecule has 3 rings (SSSR count). The van der Waals surface area contributed by atoms with Gasteiger partial charge in [-0.1, -0.05) is 42.5 Å². The van der Waals surface area contributed by atoms with Crippen LogP contribution >= 0.6 is 22.6 Å². The quantitative estimate of drug-likeness (QED) is 0.437. The molecule has 0 saturated heterocycles. The predicted molar refractivity (Wildman–Crippen MR) is 104 cm³/mol. The van der Waals surface area contributed by atoms with E-state index in [1.54, 1.807) is 6.07 Å². The van der Waals surface area contributed by atoms with E-state index in [-0.39, 0.29) is 12.6 Å². The third kappa shape index (κ3) is 4.35. The standard InChI is InChI=1S/C20H16INO2/c21-16-12-10-15(11-13-16)14-24-20(23)18-8-4-5-9-19(18)22-17-6-2-1-3-7-17/h1-13,22H,14H2. The summed E-state index contributed by atoms with van der Waals surface area (Å²) in [6.45, 7) is 0.259. The van der Waals surface area contributed by atoms with Crippen molar-refractivity contribution < 1.29 is 9.53 Å². The second kappa shape index (κ2) is 7.97. The molecule has 0 aliphatic carbocycles. The number of esters is 1. The van der Waals surface area contributed by atoms with Gasteiger partial charge in [0.15, 0.2) is 0 Å². The highest BCUT2D eigenvalue weighted by Crippen LogP contribution is 2.22. The summed E-state index contributed by atoms with van der Waals surface area (Å²) in [5, 5.41) is 3.26. The fraction of sp³-hybridized carbons (Fsp3) is 0.0500. The Morgan fingerprint density at radius 1 is 0.875 bits per heavy atom. The van der Waals surface area contributed by atoms with Gasteiger partial charge in [-0.3, -0.25) is 0 Å². The summed E-state index contributed by atoms with van der Waals surface area (Å²) in [5.74, 6) is -0.340. The maximum atomic E-state index is 12.4. The van der Waals surface area contributed by atoms with E-state index >= 15 is 0 Å². The van der Waals surface area contributed by atoms with Crippen molar-refractivity contribution in [1.29, 1.82) is 0 Å². The van der Waals surface area contributed by atoms with Crippen molar-refractivity contribution in [2.45, 2.75) is 6.61 Å². The highest BCUT2D eigenvalue weighted by atomic mass is 127. The van der Waals surface area contributed by atoms with Gasteiger partial charge in [0.05, 0.1) is 11.3 Å². The summed E-state index contributed by atoms with van der Waals surface area (Å²) in [6.07, 6.45) is 0. The molecule has 0 aliphatic heterocycles. The second-order valence-electron chi connectivity index (χ2n) is 5.24. The number of carbonyl (C=O) groups is 1. The lowest BCUT2D eigenvalue weighted by atomic mass is 10.1. The molecule has 0 unspecified atom stereocenters. The maximum absolute atomic E-state index is 12.4. The number of anilines is 2. The van der Waals surface area contributed by atoms with Crippen LogP contribution in [0.25, 0.3) is 0 Å². The number of para-hydroxylation sites is 2. The van der Waals surface area contributed by atoms with Gasteiger partial charge < -0.3 is 10.1 Å². The van der Waals surface area contributed by atoms with Gasteiger partial charge in [0.2, 0.25) is 0 Å². The lowest BCUT2D eigenvalue weighted by Crippen LogP contribution is -2.08. The van der Waals surface area contributed by atoms with Crippen LogP contribution in [0.1, 0.15) is 15.9 Å². The van der Waals surface area contributed by atoms with E-state index in [2.05, 4.69) is 27.9 Å². The molecule has 0 aliphatic rings. The van der Waals surface area contributed by atoms with E-state index in [0.717, 1.165) is 20.5 Å². The van der Waals surface area contributed by atoms with Gasteiger partial charge in [-0.05, 0) is 64.6 Å². The van der Waals surface area contributed by atoms with Gasteiger partial charge in [-0.15, -0.1) is 0 Å². The van der Waals surface area contributed by atoms with Gasteiger partial charge in [0.1, 0.15) is 6.61 Å². The molecule has 0 radical (unpaired) electrons. The van der Waals surface area contributed by atoms with Crippen LogP contribution in [0, 0.1) is 3.57 Å². The Morgan fingerprint density at radius 3 is 2.29 bits per heavy atom. The van der Waals surface area contributed by atoms with Gasteiger partial charge >= 0.3 is 5.97 Å². The highest BCUT2D eigenvalue weighted by Gasteiger charge is 2.12. The normalized spacial score (nSPS) is 10.2. The van der Waals surface area contributed by atoms with E-state index in [1.807, 2.05) is 72.8 Å². The van der Waals surface area contributed by atoms with Gasteiger partial charge in [-0.25, -0.2) is 4.79 Å². The molecule has 0 saturated carbocycles. The molecule has 0 fully saturated rings. The smallest absolute Gasteiger partial charge is 0.340 e. The Labute approximate surface area is 154 Å². The van der Waals surface area contributed by atoms with E-state index in [1.165, 1.54) is 0 Å². The average molecular weight is 429 g/mol. The molecule has 0 bridgehead atoms. The van der Waals surface area contributed by atoms with Crippen molar-refractivity contribution in [2.75, 3.05) is 5.32 Å². The zero-order valence-electron chi connectivity index (χ0n) is 12.9. The lowest BCUT2D eigenvalue weighted by molar-refractivity contribution is 0.0474. The molecule has 3 aromatic rings. The van der Waals surface area contributed by atoms with Crippen LogP contribution in [0.3, 0.4) is 0 Å². The highest BCUT2D eigenvalue weighted by molar-refractivity contribution is 14.1. The lowest BCUT2D eigenvalue weighted by Gasteiger charge is -2.12. The first-order chi connectivity index (χ1) is 11.7. The largest absolute Gasteiger partial charge is 0.457 e.